The fraction of sp³-hybridized carbons (Fsp3) is 0.571. The first-order chi connectivity index (χ1) is 14.1. The van der Waals surface area contributed by atoms with E-state index in [-0.39, 0.29) is 17.2 Å². The van der Waals surface area contributed by atoms with Crippen molar-refractivity contribution in [3.63, 3.8) is 0 Å². The van der Waals surface area contributed by atoms with Crippen LogP contribution in [0.4, 0.5) is 0 Å². The molecule has 0 aliphatic carbocycles. The number of rotatable bonds is 6. The smallest absolute Gasteiger partial charge is 0.225 e. The molecule has 8 heteroatoms. The minimum Gasteiger partial charge on any atom is -0.481 e. The average Bonchev–Trinajstić information content (AvgIpc) is 3.35. The molecule has 2 fully saturated rings. The number of nitrogens with one attached hydrogen (secondary N) is 1. The Labute approximate surface area is 170 Å². The summed E-state index contributed by atoms with van der Waals surface area (Å²) in [6.07, 6.45) is 5.20. The second-order valence-corrected chi connectivity index (χ2v) is 8.08. The van der Waals surface area contributed by atoms with E-state index in [2.05, 4.69) is 26.4 Å². The van der Waals surface area contributed by atoms with Crippen molar-refractivity contribution in [2.45, 2.75) is 32.9 Å². The van der Waals surface area contributed by atoms with E-state index in [1.54, 1.807) is 13.2 Å². The molecule has 2 aliphatic heterocycles. The van der Waals surface area contributed by atoms with Crippen LogP contribution in [-0.4, -0.2) is 54.4 Å². The van der Waals surface area contributed by atoms with Crippen LogP contribution in [-0.2, 0) is 22.6 Å². The van der Waals surface area contributed by atoms with Crippen molar-refractivity contribution in [2.75, 3.05) is 33.4 Å². The van der Waals surface area contributed by atoms with Crippen LogP contribution in [0.25, 0.3) is 0 Å². The highest BCUT2D eigenvalue weighted by Gasteiger charge is 2.50. The first kappa shape index (κ1) is 19.8. The van der Waals surface area contributed by atoms with Gasteiger partial charge in [-0.2, -0.15) is 0 Å². The molecule has 4 heterocycles. The number of amides is 1. The molecule has 2 aromatic heterocycles. The molecule has 1 spiro atoms. The molecule has 0 aromatic carbocycles. The molecule has 1 N–H and O–H groups in total. The van der Waals surface area contributed by atoms with E-state index in [1.807, 2.05) is 13.1 Å². The molecule has 0 bridgehead atoms. The van der Waals surface area contributed by atoms with Gasteiger partial charge in [0.25, 0.3) is 0 Å². The summed E-state index contributed by atoms with van der Waals surface area (Å²) in [4.78, 5) is 19.8. The number of hydrogen-bond donors (Lipinski definition) is 1. The predicted molar refractivity (Wildman–Crippen MR) is 105 cm³/mol. The summed E-state index contributed by atoms with van der Waals surface area (Å²) >= 11 is 0. The molecule has 8 nitrogen and oxygen atoms in total. The third-order valence-electron chi connectivity index (χ3n) is 6.14. The van der Waals surface area contributed by atoms with Gasteiger partial charge in [-0.15, -0.1) is 0 Å². The Morgan fingerprint density at radius 3 is 2.93 bits per heavy atom. The quantitative estimate of drug-likeness (QED) is 0.792. The van der Waals surface area contributed by atoms with Gasteiger partial charge in [-0.1, -0.05) is 5.16 Å². The highest BCUT2D eigenvalue weighted by Crippen LogP contribution is 2.44. The average molecular weight is 400 g/mol. The zero-order valence-corrected chi connectivity index (χ0v) is 17.0. The lowest BCUT2D eigenvalue weighted by molar-refractivity contribution is -0.130. The predicted octanol–water partition coefficient (Wildman–Crippen LogP) is 1.93. The molecule has 29 heavy (non-hydrogen) atoms. The normalized spacial score (nSPS) is 21.4. The minimum atomic E-state index is -0.0643. The molecule has 4 rings (SSSR count). The van der Waals surface area contributed by atoms with Crippen molar-refractivity contribution in [2.24, 2.45) is 11.3 Å². The van der Waals surface area contributed by atoms with Crippen molar-refractivity contribution in [1.82, 2.24) is 20.4 Å². The van der Waals surface area contributed by atoms with E-state index in [4.69, 9.17) is 14.0 Å². The lowest BCUT2D eigenvalue weighted by Crippen LogP contribution is -2.44. The summed E-state index contributed by atoms with van der Waals surface area (Å²) in [5, 5.41) is 6.92. The summed E-state index contributed by atoms with van der Waals surface area (Å²) in [6, 6.07) is 3.88. The second kappa shape index (κ2) is 8.51. The molecule has 2 aliphatic rings. The number of aryl methyl sites for hydroxylation is 1. The van der Waals surface area contributed by atoms with Gasteiger partial charge in [0.05, 0.1) is 19.6 Å². The van der Waals surface area contributed by atoms with Crippen molar-refractivity contribution >= 4 is 5.91 Å². The number of hydrogen-bond acceptors (Lipinski definition) is 7. The lowest BCUT2D eigenvalue weighted by Gasteiger charge is -2.37. The number of ether oxygens (including phenoxy) is 2. The number of carbonyl (C=O) groups is 1. The first-order valence-electron chi connectivity index (χ1n) is 10.1. The van der Waals surface area contributed by atoms with Crippen molar-refractivity contribution in [1.29, 1.82) is 0 Å². The Balaban J connectivity index is 1.46. The molecule has 156 valence electrons. The van der Waals surface area contributed by atoms with Crippen molar-refractivity contribution in [3.05, 3.63) is 41.4 Å². The van der Waals surface area contributed by atoms with Crippen LogP contribution in [0.3, 0.4) is 0 Å². The van der Waals surface area contributed by atoms with Gasteiger partial charge in [0.1, 0.15) is 12.0 Å². The lowest BCUT2D eigenvalue weighted by atomic mass is 9.72. The van der Waals surface area contributed by atoms with Crippen molar-refractivity contribution in [3.8, 4) is 5.88 Å². The van der Waals surface area contributed by atoms with Crippen molar-refractivity contribution < 1.29 is 18.8 Å². The van der Waals surface area contributed by atoms with Gasteiger partial charge in [0.2, 0.25) is 11.8 Å². The highest BCUT2D eigenvalue weighted by molar-refractivity contribution is 5.80. The first-order valence-corrected chi connectivity index (χ1v) is 10.1. The summed E-state index contributed by atoms with van der Waals surface area (Å²) in [5.41, 5.74) is 2.84. The van der Waals surface area contributed by atoms with Gasteiger partial charge in [0, 0.05) is 56.1 Å². The van der Waals surface area contributed by atoms with E-state index in [0.717, 1.165) is 49.3 Å². The molecule has 1 atom stereocenters. The van der Waals surface area contributed by atoms with Gasteiger partial charge in [-0.25, -0.2) is 4.98 Å². The van der Waals surface area contributed by atoms with E-state index in [0.29, 0.717) is 25.6 Å². The van der Waals surface area contributed by atoms with E-state index >= 15 is 0 Å². The topological polar surface area (TPSA) is 89.7 Å². The summed E-state index contributed by atoms with van der Waals surface area (Å²) in [5.74, 6) is 0.674. The monoisotopic (exact) mass is 400 g/mol. The Bertz CT molecular complexity index is 833. The highest BCUT2D eigenvalue weighted by atomic mass is 16.5. The Morgan fingerprint density at radius 2 is 2.24 bits per heavy atom. The zero-order chi connectivity index (χ0) is 20.3. The van der Waals surface area contributed by atoms with Crippen LogP contribution in [0.1, 0.15) is 29.7 Å². The maximum absolute atomic E-state index is 13.1. The Hall–Kier alpha value is -2.45. The molecular weight excluding hydrogens is 372 g/mol. The van der Waals surface area contributed by atoms with Crippen LogP contribution < -0.4 is 10.1 Å². The molecular formula is C21H28N4O4. The molecule has 0 unspecified atom stereocenters. The van der Waals surface area contributed by atoms with Crippen LogP contribution in [0.5, 0.6) is 5.88 Å². The SMILES string of the molecule is COc1ncc(CN2C[C@H](C(=O)NCc3ccon3)C3(CCOCC3)C2)cc1C. The molecule has 1 amide bonds. The van der Waals surface area contributed by atoms with Gasteiger partial charge in [0.15, 0.2) is 0 Å². The van der Waals surface area contributed by atoms with E-state index < -0.39 is 0 Å². The van der Waals surface area contributed by atoms with Gasteiger partial charge in [-0.3, -0.25) is 9.69 Å². The van der Waals surface area contributed by atoms with Gasteiger partial charge in [-0.05, 0) is 31.4 Å². The zero-order valence-electron chi connectivity index (χ0n) is 17.0. The minimum absolute atomic E-state index is 0.0406. The second-order valence-electron chi connectivity index (χ2n) is 8.08. The number of aromatic nitrogens is 2. The van der Waals surface area contributed by atoms with Gasteiger partial charge < -0.3 is 19.3 Å². The van der Waals surface area contributed by atoms with E-state index in [9.17, 15) is 4.79 Å². The Morgan fingerprint density at radius 1 is 1.41 bits per heavy atom. The Kier molecular flexibility index (Phi) is 5.82. The van der Waals surface area contributed by atoms with Gasteiger partial charge >= 0.3 is 0 Å². The number of pyridine rings is 1. The maximum Gasteiger partial charge on any atom is 0.225 e. The largest absolute Gasteiger partial charge is 0.481 e. The number of carbonyl (C=O) groups excluding carboxylic acids is 1. The third-order valence-corrected chi connectivity index (χ3v) is 6.14. The van der Waals surface area contributed by atoms with Crippen LogP contribution in [0.2, 0.25) is 0 Å². The fourth-order valence-electron chi connectivity index (χ4n) is 4.65. The molecule has 0 radical (unpaired) electrons. The number of methoxy groups -OCH3 is 1. The van der Waals surface area contributed by atoms with Crippen LogP contribution in [0.15, 0.2) is 29.1 Å². The summed E-state index contributed by atoms with van der Waals surface area (Å²) < 4.78 is 15.7. The standard InChI is InChI=1S/C21H28N4O4/c1-15-9-16(10-23-20(15)27-2)12-25-13-18(21(14-25)4-7-28-8-5-21)19(26)22-11-17-3-6-29-24-17/h3,6,9-10,18H,4-5,7-8,11-14H2,1-2H3,(H,22,26)/t18-/m1/s1. The van der Waals surface area contributed by atoms with Crippen LogP contribution >= 0.6 is 0 Å². The fourth-order valence-corrected chi connectivity index (χ4v) is 4.65. The third kappa shape index (κ3) is 4.28. The summed E-state index contributed by atoms with van der Waals surface area (Å²) in [6.45, 7) is 6.21. The van der Waals surface area contributed by atoms with Crippen LogP contribution in [0, 0.1) is 18.3 Å². The van der Waals surface area contributed by atoms with E-state index in [1.165, 1.54) is 6.26 Å². The molecule has 2 saturated heterocycles. The number of nitrogens with zero attached hydrogens (tertiary/aromatic N) is 3. The molecule has 0 saturated carbocycles. The molecule has 2 aromatic rings. The maximum atomic E-state index is 13.1. The summed E-state index contributed by atoms with van der Waals surface area (Å²) in [7, 11) is 1.63. The number of likely N-dealkylation sites (tertiary alicyclic amines) is 1.